The van der Waals surface area contributed by atoms with E-state index in [4.69, 9.17) is 16.3 Å². The highest BCUT2D eigenvalue weighted by molar-refractivity contribution is 6.30. The number of amides is 1. The van der Waals surface area contributed by atoms with Gasteiger partial charge in [0.25, 0.3) is 0 Å². The molecule has 0 bridgehead atoms. The van der Waals surface area contributed by atoms with Crippen LogP contribution in [0.3, 0.4) is 0 Å². The van der Waals surface area contributed by atoms with Gasteiger partial charge in [0, 0.05) is 23.9 Å². The first-order valence-corrected chi connectivity index (χ1v) is 6.94. The smallest absolute Gasteiger partial charge is 0.238 e. The fourth-order valence-corrected chi connectivity index (χ4v) is 1.71. The van der Waals surface area contributed by atoms with Crippen molar-refractivity contribution in [2.24, 2.45) is 0 Å². The quantitative estimate of drug-likeness (QED) is 0.686. The Bertz CT molecular complexity index is 385. The predicted octanol–water partition coefficient (Wildman–Crippen LogP) is 2.68. The summed E-state index contributed by atoms with van der Waals surface area (Å²) < 4.78 is 5.34. The third-order valence-corrected chi connectivity index (χ3v) is 2.62. The molecule has 0 fully saturated rings. The first kappa shape index (κ1) is 16.0. The van der Waals surface area contributed by atoms with Crippen molar-refractivity contribution in [1.29, 1.82) is 0 Å². The molecular weight excluding hydrogens is 264 g/mol. The highest BCUT2D eigenvalue weighted by atomic mass is 35.5. The van der Waals surface area contributed by atoms with Crippen LogP contribution in [0.25, 0.3) is 0 Å². The topological polar surface area (TPSA) is 50.4 Å². The van der Waals surface area contributed by atoms with E-state index in [9.17, 15) is 4.79 Å². The standard InChI is InChI=1S/C14H21ClN2O2/c1-2-8-19-9-4-7-16-11-14(18)17-13-6-3-5-12(15)10-13/h3,5-6,10,16H,2,4,7-9,11H2,1H3,(H,17,18). The summed E-state index contributed by atoms with van der Waals surface area (Å²) in [7, 11) is 0. The molecule has 1 aromatic carbocycles. The summed E-state index contributed by atoms with van der Waals surface area (Å²) >= 11 is 5.83. The fourth-order valence-electron chi connectivity index (χ4n) is 1.52. The number of nitrogens with one attached hydrogen (secondary N) is 2. The van der Waals surface area contributed by atoms with E-state index in [2.05, 4.69) is 17.6 Å². The van der Waals surface area contributed by atoms with E-state index in [-0.39, 0.29) is 5.91 Å². The van der Waals surface area contributed by atoms with Crippen LogP contribution in [-0.4, -0.2) is 32.2 Å². The van der Waals surface area contributed by atoms with Crippen LogP contribution in [0.4, 0.5) is 5.69 Å². The minimum absolute atomic E-state index is 0.0725. The van der Waals surface area contributed by atoms with Crippen molar-refractivity contribution < 1.29 is 9.53 Å². The van der Waals surface area contributed by atoms with Crippen molar-refractivity contribution >= 4 is 23.2 Å². The van der Waals surface area contributed by atoms with Crippen LogP contribution in [-0.2, 0) is 9.53 Å². The second-order valence-electron chi connectivity index (χ2n) is 4.20. The van der Waals surface area contributed by atoms with Gasteiger partial charge in [0.2, 0.25) is 5.91 Å². The summed E-state index contributed by atoms with van der Waals surface area (Å²) in [5.41, 5.74) is 0.713. The van der Waals surface area contributed by atoms with Gasteiger partial charge in [-0.15, -0.1) is 0 Å². The number of ether oxygens (including phenoxy) is 1. The minimum atomic E-state index is -0.0725. The number of anilines is 1. The second-order valence-corrected chi connectivity index (χ2v) is 4.64. The molecule has 1 aromatic rings. The summed E-state index contributed by atoms with van der Waals surface area (Å²) in [5.74, 6) is -0.0725. The minimum Gasteiger partial charge on any atom is -0.381 e. The first-order valence-electron chi connectivity index (χ1n) is 6.56. The zero-order valence-electron chi connectivity index (χ0n) is 11.2. The third-order valence-electron chi connectivity index (χ3n) is 2.38. The zero-order valence-corrected chi connectivity index (χ0v) is 12.0. The van der Waals surface area contributed by atoms with Crippen LogP contribution < -0.4 is 10.6 Å². The number of halogens is 1. The van der Waals surface area contributed by atoms with Gasteiger partial charge in [-0.1, -0.05) is 24.6 Å². The molecule has 4 nitrogen and oxygen atoms in total. The zero-order chi connectivity index (χ0) is 13.9. The van der Waals surface area contributed by atoms with Crippen LogP contribution in [0, 0.1) is 0 Å². The van der Waals surface area contributed by atoms with Crippen LogP contribution in [0.5, 0.6) is 0 Å². The first-order chi connectivity index (χ1) is 9.22. The lowest BCUT2D eigenvalue weighted by atomic mass is 10.3. The molecule has 0 spiro atoms. The van der Waals surface area contributed by atoms with Crippen molar-refractivity contribution in [3.8, 4) is 0 Å². The molecule has 0 aliphatic rings. The van der Waals surface area contributed by atoms with Gasteiger partial charge in [-0.25, -0.2) is 0 Å². The van der Waals surface area contributed by atoms with Gasteiger partial charge in [0.05, 0.1) is 6.54 Å². The number of hydrogen-bond donors (Lipinski definition) is 2. The Kier molecular flexibility index (Phi) is 8.21. The van der Waals surface area contributed by atoms with Gasteiger partial charge in [-0.05, 0) is 37.6 Å². The van der Waals surface area contributed by atoms with E-state index >= 15 is 0 Å². The number of benzene rings is 1. The van der Waals surface area contributed by atoms with Gasteiger partial charge in [0.1, 0.15) is 0 Å². The Balaban J connectivity index is 2.08. The van der Waals surface area contributed by atoms with E-state index < -0.39 is 0 Å². The molecule has 0 aliphatic carbocycles. The van der Waals surface area contributed by atoms with Crippen LogP contribution in [0.1, 0.15) is 19.8 Å². The molecule has 0 aromatic heterocycles. The summed E-state index contributed by atoms with van der Waals surface area (Å²) in [6.07, 6.45) is 1.94. The maximum Gasteiger partial charge on any atom is 0.238 e. The molecule has 5 heteroatoms. The number of carbonyl (C=O) groups excluding carboxylic acids is 1. The maximum absolute atomic E-state index is 11.6. The van der Waals surface area contributed by atoms with Crippen molar-refractivity contribution in [2.75, 3.05) is 31.6 Å². The molecule has 0 radical (unpaired) electrons. The molecule has 0 unspecified atom stereocenters. The number of rotatable bonds is 9. The van der Waals surface area contributed by atoms with Crippen molar-refractivity contribution in [2.45, 2.75) is 19.8 Å². The van der Waals surface area contributed by atoms with Gasteiger partial charge in [0.15, 0.2) is 0 Å². The second kappa shape index (κ2) is 9.78. The molecule has 0 heterocycles. The Morgan fingerprint density at radius 1 is 1.37 bits per heavy atom. The Hall–Kier alpha value is -1.10. The molecular formula is C14H21ClN2O2. The lowest BCUT2D eigenvalue weighted by Gasteiger charge is -2.07. The fraction of sp³-hybridized carbons (Fsp3) is 0.500. The number of hydrogen-bond acceptors (Lipinski definition) is 3. The maximum atomic E-state index is 11.6. The Morgan fingerprint density at radius 3 is 2.95 bits per heavy atom. The van der Waals surface area contributed by atoms with E-state index in [0.29, 0.717) is 17.3 Å². The van der Waals surface area contributed by atoms with Gasteiger partial charge < -0.3 is 15.4 Å². The van der Waals surface area contributed by atoms with Crippen molar-refractivity contribution in [3.05, 3.63) is 29.3 Å². The Labute approximate surface area is 119 Å². The highest BCUT2D eigenvalue weighted by Gasteiger charge is 2.01. The molecule has 0 atom stereocenters. The molecule has 1 amide bonds. The highest BCUT2D eigenvalue weighted by Crippen LogP contribution is 2.14. The van der Waals surface area contributed by atoms with Crippen LogP contribution >= 0.6 is 11.6 Å². The summed E-state index contributed by atoms with van der Waals surface area (Å²) in [6, 6.07) is 7.10. The van der Waals surface area contributed by atoms with Crippen LogP contribution in [0.15, 0.2) is 24.3 Å². The van der Waals surface area contributed by atoms with Crippen molar-refractivity contribution in [3.63, 3.8) is 0 Å². The average Bonchev–Trinajstić information content (AvgIpc) is 2.37. The summed E-state index contributed by atoms with van der Waals surface area (Å²) in [6.45, 7) is 4.68. The summed E-state index contributed by atoms with van der Waals surface area (Å²) in [4.78, 5) is 11.6. The normalized spacial score (nSPS) is 10.4. The van der Waals surface area contributed by atoms with Gasteiger partial charge in [-0.2, -0.15) is 0 Å². The molecule has 2 N–H and O–H groups in total. The van der Waals surface area contributed by atoms with Crippen molar-refractivity contribution in [1.82, 2.24) is 5.32 Å². The molecule has 1 rings (SSSR count). The third kappa shape index (κ3) is 7.82. The Morgan fingerprint density at radius 2 is 2.21 bits per heavy atom. The van der Waals surface area contributed by atoms with Gasteiger partial charge in [-0.3, -0.25) is 4.79 Å². The van der Waals surface area contributed by atoms with E-state index in [1.165, 1.54) is 0 Å². The van der Waals surface area contributed by atoms with E-state index in [0.717, 1.165) is 32.6 Å². The molecule has 0 saturated heterocycles. The largest absolute Gasteiger partial charge is 0.381 e. The lowest BCUT2D eigenvalue weighted by Crippen LogP contribution is -2.29. The monoisotopic (exact) mass is 284 g/mol. The van der Waals surface area contributed by atoms with Crippen LogP contribution in [0.2, 0.25) is 5.02 Å². The molecule has 19 heavy (non-hydrogen) atoms. The molecule has 0 saturated carbocycles. The number of carbonyl (C=O) groups is 1. The molecule has 106 valence electrons. The SMILES string of the molecule is CCCOCCCNCC(=O)Nc1cccc(Cl)c1. The molecule has 0 aliphatic heterocycles. The van der Waals surface area contributed by atoms with E-state index in [1.54, 1.807) is 18.2 Å². The van der Waals surface area contributed by atoms with E-state index in [1.807, 2.05) is 6.07 Å². The predicted molar refractivity (Wildman–Crippen MR) is 78.7 cm³/mol. The summed E-state index contributed by atoms with van der Waals surface area (Å²) in [5, 5.41) is 6.46. The lowest BCUT2D eigenvalue weighted by molar-refractivity contribution is -0.115. The average molecular weight is 285 g/mol. The van der Waals surface area contributed by atoms with Gasteiger partial charge >= 0.3 is 0 Å².